The van der Waals surface area contributed by atoms with Crippen molar-refractivity contribution in [2.24, 2.45) is 0 Å². The molecule has 0 amide bonds. The fourth-order valence-electron chi connectivity index (χ4n) is 4.73. The average Bonchev–Trinajstić information content (AvgIpc) is 3.11. The summed E-state index contributed by atoms with van der Waals surface area (Å²) in [4.78, 5) is 33.2. The molecule has 300 valence electrons. The molecule has 0 fully saturated rings. The number of nitro groups is 2. The summed E-state index contributed by atoms with van der Waals surface area (Å²) in [6, 6.07) is 15.2. The maximum atomic E-state index is 14.6. The maximum Gasteiger partial charge on any atom is 0.397 e. The van der Waals surface area contributed by atoms with Crippen molar-refractivity contribution in [2.75, 3.05) is 34.5 Å². The smallest absolute Gasteiger partial charge is 0.349 e. The van der Waals surface area contributed by atoms with Gasteiger partial charge in [0, 0.05) is 23.1 Å². The van der Waals surface area contributed by atoms with Gasteiger partial charge in [0.15, 0.2) is 11.1 Å². The zero-order chi connectivity index (χ0) is 41.7. The lowest BCUT2D eigenvalue weighted by atomic mass is 10.1. The zero-order valence-electron chi connectivity index (χ0n) is 29.1. The van der Waals surface area contributed by atoms with Crippen molar-refractivity contribution < 1.29 is 52.8 Å². The molecule has 26 heteroatoms. The van der Waals surface area contributed by atoms with Gasteiger partial charge in [0.1, 0.15) is 10.6 Å². The van der Waals surface area contributed by atoms with E-state index >= 15 is 0 Å². The number of hydrogen-bond donors (Lipinski definition) is 6. The molecule has 1 unspecified atom stereocenters. The minimum atomic E-state index is -5.00. The van der Waals surface area contributed by atoms with Crippen LogP contribution in [0, 0.1) is 39.9 Å². The molecule has 6 N–H and O–H groups in total. The van der Waals surface area contributed by atoms with Crippen LogP contribution in [0.3, 0.4) is 0 Å². The molecule has 1 heterocycles. The Bertz CT molecular complexity index is 2620. The Balaban J connectivity index is 1.46. The van der Waals surface area contributed by atoms with E-state index in [1.807, 2.05) is 26.0 Å². The molecule has 57 heavy (non-hydrogen) atoms. The number of halogens is 1. The van der Waals surface area contributed by atoms with Crippen LogP contribution in [0.1, 0.15) is 11.1 Å². The van der Waals surface area contributed by atoms with E-state index in [9.17, 15) is 50.2 Å². The third kappa shape index (κ3) is 11.4. The zero-order valence-corrected chi connectivity index (χ0v) is 31.5. The number of aryl methyl sites for hydroxylation is 2. The van der Waals surface area contributed by atoms with Gasteiger partial charge in [0.25, 0.3) is 15.8 Å². The van der Waals surface area contributed by atoms with Crippen LogP contribution < -0.4 is 21.3 Å². The molecule has 4 aromatic carbocycles. The van der Waals surface area contributed by atoms with Gasteiger partial charge in [-0.25, -0.2) is 8.39 Å². The van der Waals surface area contributed by atoms with Crippen LogP contribution >= 0.6 is 0 Å². The number of rotatable bonds is 17. The molecule has 0 aliphatic heterocycles. The van der Waals surface area contributed by atoms with Gasteiger partial charge in [0.05, 0.1) is 39.7 Å². The van der Waals surface area contributed by atoms with Gasteiger partial charge in [-0.05, 0) is 79.6 Å². The van der Waals surface area contributed by atoms with E-state index in [-0.39, 0.29) is 28.4 Å². The number of hydrogen-bond acceptors (Lipinski definition) is 18. The Morgan fingerprint density at radius 2 is 1.25 bits per heavy atom. The Morgan fingerprint density at radius 1 is 0.702 bits per heavy atom. The molecule has 0 spiro atoms. The number of nitro benzene ring substituents is 2. The van der Waals surface area contributed by atoms with Crippen LogP contribution in [-0.4, -0.2) is 68.2 Å². The van der Waals surface area contributed by atoms with Crippen LogP contribution in [0.15, 0.2) is 82.6 Å². The van der Waals surface area contributed by atoms with E-state index in [4.69, 9.17) is 8.74 Å². The Hall–Kier alpha value is -6.29. The van der Waals surface area contributed by atoms with E-state index in [1.165, 1.54) is 30.3 Å². The molecule has 22 nitrogen and oxygen atoms in total. The van der Waals surface area contributed by atoms with Crippen LogP contribution in [0.4, 0.5) is 62.0 Å². The fraction of sp³-hybridized carbons (Fsp3) is 0.129. The van der Waals surface area contributed by atoms with Crippen LogP contribution in [-0.2, 0) is 40.0 Å². The number of nitrogens with zero attached hydrogens (tertiary/aromatic N) is 5. The largest absolute Gasteiger partial charge is 0.397 e. The lowest BCUT2D eigenvalue weighted by molar-refractivity contribution is -0.395. The highest BCUT2D eigenvalue weighted by atomic mass is 32.3. The molecule has 0 saturated carbocycles. The summed E-state index contributed by atoms with van der Waals surface area (Å²) in [6.07, 6.45) is 0. The third-order valence-electron chi connectivity index (χ3n) is 7.45. The summed E-state index contributed by atoms with van der Waals surface area (Å²) >= 11 is -2.04. The molecule has 0 aliphatic rings. The van der Waals surface area contributed by atoms with Crippen molar-refractivity contribution in [1.29, 1.82) is 0 Å². The standard InChI is InChI=1S/C31H28FN9O13S3/c1-17-3-4-20(13-18(17)2)34-30-37-29(33-19-5-8-22(9-6-19)55(46)53-11-12-54-57(50,51)52)38-31(39-30)35-21-7-10-28(56(47,48)49)25(14-21)36-24-15-23(32)26(40(42)43)16-27(24)41(44)45/h3-10,13-16,36H,11-12H2,1-2H3,(H,47,48,49)(H,50,51,52)(H3,33,34,35,37,38,39). The van der Waals surface area contributed by atoms with Crippen molar-refractivity contribution in [3.8, 4) is 0 Å². The highest BCUT2D eigenvalue weighted by Gasteiger charge is 2.27. The van der Waals surface area contributed by atoms with E-state index in [2.05, 4.69) is 40.4 Å². The number of nitrogens with one attached hydrogen (secondary N) is 4. The first kappa shape index (κ1) is 41.9. The maximum absolute atomic E-state index is 14.6. The molecule has 1 aromatic heterocycles. The third-order valence-corrected chi connectivity index (χ3v) is 9.86. The van der Waals surface area contributed by atoms with Gasteiger partial charge >= 0.3 is 16.1 Å². The summed E-state index contributed by atoms with van der Waals surface area (Å²) in [7, 11) is -9.70. The van der Waals surface area contributed by atoms with Crippen molar-refractivity contribution >= 4 is 89.3 Å². The Labute approximate surface area is 324 Å². The number of aromatic nitrogens is 3. The van der Waals surface area contributed by atoms with Gasteiger partial charge in [-0.15, -0.1) is 0 Å². The van der Waals surface area contributed by atoms with Crippen LogP contribution in [0.25, 0.3) is 0 Å². The van der Waals surface area contributed by atoms with Crippen molar-refractivity contribution in [1.82, 2.24) is 15.0 Å². The first-order valence-corrected chi connectivity index (χ1v) is 19.6. The molecular weight excluding hydrogens is 822 g/mol. The van der Waals surface area contributed by atoms with Crippen LogP contribution in [0.5, 0.6) is 0 Å². The molecule has 0 aliphatic carbocycles. The molecule has 0 saturated heterocycles. The molecule has 5 rings (SSSR count). The van der Waals surface area contributed by atoms with E-state index in [1.54, 1.807) is 6.07 Å². The minimum absolute atomic E-state index is 0.00127. The SMILES string of the molecule is Cc1ccc(Nc2nc(Nc3ccc(S(=O)OCCOS(=O)(=O)O)cc3)nc(Nc3ccc(S(=O)(=O)O)c(Nc4cc(F)c([N+](=O)[O-])cc4[N+](=O)[O-])c3)n2)cc1C. The minimum Gasteiger partial charge on any atom is -0.349 e. The normalized spacial score (nSPS) is 12.1. The second kappa shape index (κ2) is 17.2. The lowest BCUT2D eigenvalue weighted by Gasteiger charge is -2.15. The molecule has 0 bridgehead atoms. The first-order chi connectivity index (χ1) is 26.8. The highest BCUT2D eigenvalue weighted by Crippen LogP contribution is 2.37. The average molecular weight is 850 g/mol. The van der Waals surface area contributed by atoms with E-state index in [0.29, 0.717) is 23.5 Å². The predicted molar refractivity (Wildman–Crippen MR) is 201 cm³/mol. The van der Waals surface area contributed by atoms with Crippen molar-refractivity contribution in [2.45, 2.75) is 23.6 Å². The summed E-state index contributed by atoms with van der Waals surface area (Å²) in [5, 5.41) is 34.1. The molecular formula is C31H28FN9O13S3. The van der Waals surface area contributed by atoms with Gasteiger partial charge in [-0.1, -0.05) is 6.07 Å². The van der Waals surface area contributed by atoms with E-state index in [0.717, 1.165) is 23.3 Å². The number of benzene rings is 4. The van der Waals surface area contributed by atoms with Gasteiger partial charge < -0.3 is 21.3 Å². The molecule has 1 atom stereocenters. The second-order valence-electron chi connectivity index (χ2n) is 11.5. The summed E-state index contributed by atoms with van der Waals surface area (Å²) < 4.78 is 101. The topological polar surface area (TPSA) is 317 Å². The quantitative estimate of drug-likeness (QED) is 0.0290. The van der Waals surface area contributed by atoms with E-state index < -0.39 is 88.1 Å². The molecule has 0 radical (unpaired) electrons. The summed E-state index contributed by atoms with van der Waals surface area (Å²) in [5.41, 5.74) is -0.405. The number of anilines is 8. The van der Waals surface area contributed by atoms with Crippen LogP contribution in [0.2, 0.25) is 0 Å². The second-order valence-corrected chi connectivity index (χ2v) is 15.1. The fourth-order valence-corrected chi connectivity index (χ4v) is 6.35. The van der Waals surface area contributed by atoms with Gasteiger partial charge in [-0.3, -0.25) is 33.5 Å². The summed E-state index contributed by atoms with van der Waals surface area (Å²) in [6.45, 7) is 2.81. The monoisotopic (exact) mass is 849 g/mol. The highest BCUT2D eigenvalue weighted by molar-refractivity contribution is 7.86. The lowest BCUT2D eigenvalue weighted by Crippen LogP contribution is -2.11. The van der Waals surface area contributed by atoms with Crippen molar-refractivity contribution in [3.05, 3.63) is 110 Å². The first-order valence-electron chi connectivity index (χ1n) is 15.7. The van der Waals surface area contributed by atoms with Crippen molar-refractivity contribution in [3.63, 3.8) is 0 Å². The summed E-state index contributed by atoms with van der Waals surface area (Å²) in [5.74, 6) is -1.68. The van der Waals surface area contributed by atoms with Gasteiger partial charge in [-0.2, -0.15) is 36.2 Å². The van der Waals surface area contributed by atoms with Gasteiger partial charge in [0.2, 0.25) is 23.7 Å². The Kier molecular flexibility index (Phi) is 12.7. The molecule has 5 aromatic rings. The Morgan fingerprint density at radius 3 is 1.79 bits per heavy atom. The predicted octanol–water partition coefficient (Wildman–Crippen LogP) is 5.52.